The minimum atomic E-state index is -0.0285. The summed E-state index contributed by atoms with van der Waals surface area (Å²) in [4.78, 5) is 0. The van der Waals surface area contributed by atoms with Crippen molar-refractivity contribution >= 4 is 11.8 Å². The Bertz CT molecular complexity index is 213. The minimum absolute atomic E-state index is 0.0285. The van der Waals surface area contributed by atoms with Gasteiger partial charge in [0, 0.05) is 5.75 Å². The number of aliphatic hydroxyl groups is 1. The van der Waals surface area contributed by atoms with Crippen LogP contribution in [0.1, 0.15) is 5.69 Å². The fraction of sp³-hybridized carbons (Fsp3) is 0.667. The molecule has 0 unspecified atom stereocenters. The number of aliphatic hydroxyl groups excluding tert-OH is 1. The standard InChI is InChI=1S/C6H11N3OS/c1-11-3-2-9-4-6(5-10)7-8-9/h4,10H,2-3,5H2,1H3. The van der Waals surface area contributed by atoms with Gasteiger partial charge in [-0.2, -0.15) is 11.8 Å². The van der Waals surface area contributed by atoms with E-state index in [2.05, 4.69) is 10.3 Å². The van der Waals surface area contributed by atoms with E-state index in [-0.39, 0.29) is 6.61 Å². The van der Waals surface area contributed by atoms with E-state index in [0.717, 1.165) is 12.3 Å². The quantitative estimate of drug-likeness (QED) is 0.703. The highest BCUT2D eigenvalue weighted by molar-refractivity contribution is 7.98. The molecule has 11 heavy (non-hydrogen) atoms. The van der Waals surface area contributed by atoms with Crippen molar-refractivity contribution in [1.29, 1.82) is 0 Å². The summed E-state index contributed by atoms with van der Waals surface area (Å²) in [7, 11) is 0. The van der Waals surface area contributed by atoms with E-state index < -0.39 is 0 Å². The second kappa shape index (κ2) is 4.35. The zero-order valence-corrected chi connectivity index (χ0v) is 7.21. The number of rotatable bonds is 4. The van der Waals surface area contributed by atoms with Crippen LogP contribution in [0.3, 0.4) is 0 Å². The zero-order valence-electron chi connectivity index (χ0n) is 6.40. The molecule has 0 aromatic carbocycles. The van der Waals surface area contributed by atoms with E-state index in [0.29, 0.717) is 5.69 Å². The van der Waals surface area contributed by atoms with Gasteiger partial charge in [-0.05, 0) is 6.26 Å². The summed E-state index contributed by atoms with van der Waals surface area (Å²) in [5, 5.41) is 16.2. The van der Waals surface area contributed by atoms with Crippen LogP contribution in [0.5, 0.6) is 0 Å². The molecule has 0 saturated heterocycles. The van der Waals surface area contributed by atoms with Crippen LogP contribution in [0.4, 0.5) is 0 Å². The second-order valence-corrected chi connectivity index (χ2v) is 3.11. The lowest BCUT2D eigenvalue weighted by molar-refractivity contribution is 0.276. The molecule has 1 aromatic rings. The molecule has 1 aromatic heterocycles. The van der Waals surface area contributed by atoms with Crippen LogP contribution in [0.15, 0.2) is 6.20 Å². The number of aromatic nitrogens is 3. The maximum absolute atomic E-state index is 8.66. The van der Waals surface area contributed by atoms with Crippen LogP contribution < -0.4 is 0 Å². The Hall–Kier alpha value is -0.550. The molecule has 0 aliphatic heterocycles. The van der Waals surface area contributed by atoms with E-state index in [9.17, 15) is 0 Å². The predicted octanol–water partition coefficient (Wildman–Crippen LogP) is 0.133. The van der Waals surface area contributed by atoms with Crippen molar-refractivity contribution in [2.75, 3.05) is 12.0 Å². The lowest BCUT2D eigenvalue weighted by atomic mass is 10.5. The summed E-state index contributed by atoms with van der Waals surface area (Å²) >= 11 is 1.76. The lowest BCUT2D eigenvalue weighted by Gasteiger charge is -1.94. The molecule has 1 rings (SSSR count). The van der Waals surface area contributed by atoms with E-state index >= 15 is 0 Å². The summed E-state index contributed by atoms with van der Waals surface area (Å²) in [5.74, 6) is 1.02. The number of hydrogen-bond donors (Lipinski definition) is 1. The van der Waals surface area contributed by atoms with E-state index in [1.807, 2.05) is 6.26 Å². The first-order valence-electron chi connectivity index (χ1n) is 3.35. The fourth-order valence-corrected chi connectivity index (χ4v) is 1.07. The van der Waals surface area contributed by atoms with Crippen LogP contribution in [0, 0.1) is 0 Å². The topological polar surface area (TPSA) is 50.9 Å². The van der Waals surface area contributed by atoms with Gasteiger partial charge in [0.1, 0.15) is 5.69 Å². The van der Waals surface area contributed by atoms with Crippen molar-refractivity contribution in [3.05, 3.63) is 11.9 Å². The molecule has 1 heterocycles. The van der Waals surface area contributed by atoms with Gasteiger partial charge in [-0.3, -0.25) is 4.68 Å². The highest BCUT2D eigenvalue weighted by atomic mass is 32.2. The van der Waals surface area contributed by atoms with Gasteiger partial charge < -0.3 is 5.11 Å². The molecule has 0 fully saturated rings. The Kier molecular flexibility index (Phi) is 3.38. The van der Waals surface area contributed by atoms with Crippen LogP contribution in [0.2, 0.25) is 0 Å². The number of thioether (sulfide) groups is 1. The first kappa shape index (κ1) is 8.55. The molecule has 62 valence electrons. The molecule has 0 saturated carbocycles. The maximum Gasteiger partial charge on any atom is 0.108 e. The number of aryl methyl sites for hydroxylation is 1. The van der Waals surface area contributed by atoms with Gasteiger partial charge in [0.15, 0.2) is 0 Å². The molecule has 4 nitrogen and oxygen atoms in total. The van der Waals surface area contributed by atoms with Gasteiger partial charge in [0.25, 0.3) is 0 Å². The third-order valence-corrected chi connectivity index (χ3v) is 1.86. The molecule has 0 amide bonds. The molecule has 0 aliphatic carbocycles. The Morgan fingerprint density at radius 1 is 1.73 bits per heavy atom. The SMILES string of the molecule is CSCCn1cc(CO)nn1. The lowest BCUT2D eigenvalue weighted by Crippen LogP contribution is -2.00. The number of nitrogens with zero attached hydrogens (tertiary/aromatic N) is 3. The molecule has 1 N–H and O–H groups in total. The van der Waals surface area contributed by atoms with Crippen LogP contribution in [-0.4, -0.2) is 32.1 Å². The summed E-state index contributed by atoms with van der Waals surface area (Å²) in [6.07, 6.45) is 3.81. The molecule has 0 atom stereocenters. The predicted molar refractivity (Wildman–Crippen MR) is 44.3 cm³/mol. The van der Waals surface area contributed by atoms with Crippen molar-refractivity contribution in [3.8, 4) is 0 Å². The van der Waals surface area contributed by atoms with Gasteiger partial charge in [0.05, 0.1) is 19.3 Å². The monoisotopic (exact) mass is 173 g/mol. The van der Waals surface area contributed by atoms with Crippen molar-refractivity contribution < 1.29 is 5.11 Å². The molecule has 0 radical (unpaired) electrons. The Morgan fingerprint density at radius 3 is 3.09 bits per heavy atom. The average molecular weight is 173 g/mol. The molecule has 5 heteroatoms. The van der Waals surface area contributed by atoms with Crippen molar-refractivity contribution in [2.45, 2.75) is 13.2 Å². The maximum atomic E-state index is 8.66. The van der Waals surface area contributed by atoms with Gasteiger partial charge in [0.2, 0.25) is 0 Å². The highest BCUT2D eigenvalue weighted by Gasteiger charge is 1.96. The highest BCUT2D eigenvalue weighted by Crippen LogP contribution is 1.96. The third-order valence-electron chi connectivity index (χ3n) is 1.27. The van der Waals surface area contributed by atoms with E-state index in [1.165, 1.54) is 0 Å². The average Bonchev–Trinajstić information content (AvgIpc) is 2.48. The first-order chi connectivity index (χ1) is 5.36. The number of hydrogen-bond acceptors (Lipinski definition) is 4. The van der Waals surface area contributed by atoms with Gasteiger partial charge in [-0.1, -0.05) is 5.21 Å². The van der Waals surface area contributed by atoms with Crippen molar-refractivity contribution in [1.82, 2.24) is 15.0 Å². The van der Waals surface area contributed by atoms with Gasteiger partial charge >= 0.3 is 0 Å². The molecular weight excluding hydrogens is 162 g/mol. The molecular formula is C6H11N3OS. The second-order valence-electron chi connectivity index (χ2n) is 2.12. The van der Waals surface area contributed by atoms with Crippen molar-refractivity contribution in [3.63, 3.8) is 0 Å². The van der Waals surface area contributed by atoms with Crippen LogP contribution >= 0.6 is 11.8 Å². The summed E-state index contributed by atoms with van der Waals surface area (Å²) in [6, 6.07) is 0. The summed E-state index contributed by atoms with van der Waals surface area (Å²) < 4.78 is 1.74. The molecule has 0 spiro atoms. The van der Waals surface area contributed by atoms with Crippen LogP contribution in [-0.2, 0) is 13.2 Å². The Labute approximate surface area is 69.6 Å². The Balaban J connectivity index is 2.44. The zero-order chi connectivity index (χ0) is 8.10. The third kappa shape index (κ3) is 2.51. The minimum Gasteiger partial charge on any atom is -0.390 e. The summed E-state index contributed by atoms with van der Waals surface area (Å²) in [5.41, 5.74) is 0.631. The van der Waals surface area contributed by atoms with Gasteiger partial charge in [-0.25, -0.2) is 0 Å². The fourth-order valence-electron chi connectivity index (χ4n) is 0.705. The largest absolute Gasteiger partial charge is 0.390 e. The molecule has 0 aliphatic rings. The van der Waals surface area contributed by atoms with E-state index in [1.54, 1.807) is 22.6 Å². The van der Waals surface area contributed by atoms with E-state index in [4.69, 9.17) is 5.11 Å². The molecule has 0 bridgehead atoms. The summed E-state index contributed by atoms with van der Waals surface area (Å²) in [6.45, 7) is 0.827. The smallest absolute Gasteiger partial charge is 0.108 e. The normalized spacial score (nSPS) is 10.4. The van der Waals surface area contributed by atoms with Gasteiger partial charge in [-0.15, -0.1) is 5.10 Å². The van der Waals surface area contributed by atoms with Crippen molar-refractivity contribution in [2.24, 2.45) is 0 Å². The first-order valence-corrected chi connectivity index (χ1v) is 4.75. The van der Waals surface area contributed by atoms with Crippen LogP contribution in [0.25, 0.3) is 0 Å². The Morgan fingerprint density at radius 2 is 2.55 bits per heavy atom.